The Kier molecular flexibility index (Phi) is 4.93. The number of amides is 1. The molecule has 0 spiro atoms. The lowest BCUT2D eigenvalue weighted by molar-refractivity contribution is -0.0581. The van der Waals surface area contributed by atoms with Crippen molar-refractivity contribution in [2.75, 3.05) is 18.0 Å². The molecule has 1 aromatic carbocycles. The summed E-state index contributed by atoms with van der Waals surface area (Å²) in [6, 6.07) is 9.49. The minimum Gasteiger partial charge on any atom is -0.388 e. The minimum atomic E-state index is -1.10. The summed E-state index contributed by atoms with van der Waals surface area (Å²) in [6.07, 6.45) is 1.90. The molecular formula is C24H23FN6O3. The number of anilines is 1. The molecule has 174 valence electrons. The molecule has 2 atom stereocenters. The fourth-order valence-corrected chi connectivity index (χ4v) is 4.99. The second-order valence-electron chi connectivity index (χ2n) is 9.45. The standard InChI is InChI=1S/C24H23FN6O3/c1-23(33)11-24(2,34)13-30(12-23)19-6-7-31(29-19)18-8-16(28-17-10-27-22(32)21(17)18)20-14(9-26)4-3-5-15(20)25/h3-8,33-34H,10-13H2,1-2H3,(H,27,32)/t23-,24+. The van der Waals surface area contributed by atoms with E-state index in [-0.39, 0.29) is 48.8 Å². The second-order valence-corrected chi connectivity index (χ2v) is 9.45. The Bertz CT molecular complexity index is 1340. The Hall–Kier alpha value is -3.81. The largest absolute Gasteiger partial charge is 0.388 e. The van der Waals surface area contributed by atoms with Crippen LogP contribution in [0.1, 0.15) is 41.9 Å². The van der Waals surface area contributed by atoms with Crippen LogP contribution in [0, 0.1) is 17.1 Å². The maximum atomic E-state index is 14.7. The lowest BCUT2D eigenvalue weighted by atomic mass is 9.84. The van der Waals surface area contributed by atoms with Crippen LogP contribution in [0.2, 0.25) is 0 Å². The van der Waals surface area contributed by atoms with E-state index in [1.165, 1.54) is 22.9 Å². The molecular weight excluding hydrogens is 439 g/mol. The van der Waals surface area contributed by atoms with Crippen LogP contribution in [-0.2, 0) is 6.54 Å². The fraction of sp³-hybridized carbons (Fsp3) is 0.333. The molecule has 1 saturated heterocycles. The maximum absolute atomic E-state index is 14.7. The van der Waals surface area contributed by atoms with Gasteiger partial charge in [0.25, 0.3) is 5.91 Å². The van der Waals surface area contributed by atoms with E-state index < -0.39 is 17.0 Å². The van der Waals surface area contributed by atoms with Crippen molar-refractivity contribution in [3.05, 3.63) is 59.2 Å². The molecule has 1 fully saturated rings. The Morgan fingerprint density at radius 1 is 1.18 bits per heavy atom. The fourth-order valence-electron chi connectivity index (χ4n) is 4.99. The average Bonchev–Trinajstić information content (AvgIpc) is 3.38. The monoisotopic (exact) mass is 462 g/mol. The molecule has 34 heavy (non-hydrogen) atoms. The van der Waals surface area contributed by atoms with Gasteiger partial charge in [0, 0.05) is 31.8 Å². The highest BCUT2D eigenvalue weighted by Gasteiger charge is 2.41. The number of rotatable bonds is 3. The minimum absolute atomic E-state index is 0.0592. The molecule has 5 rings (SSSR count). The summed E-state index contributed by atoms with van der Waals surface area (Å²) in [7, 11) is 0. The van der Waals surface area contributed by atoms with Gasteiger partial charge in [0.15, 0.2) is 5.82 Å². The van der Waals surface area contributed by atoms with E-state index in [1.54, 1.807) is 37.1 Å². The predicted molar refractivity (Wildman–Crippen MR) is 121 cm³/mol. The van der Waals surface area contributed by atoms with Gasteiger partial charge < -0.3 is 20.4 Å². The molecule has 4 heterocycles. The van der Waals surface area contributed by atoms with Crippen LogP contribution < -0.4 is 10.2 Å². The highest BCUT2D eigenvalue weighted by molar-refractivity contribution is 6.01. The van der Waals surface area contributed by atoms with E-state index in [0.717, 1.165) is 0 Å². The van der Waals surface area contributed by atoms with Crippen molar-refractivity contribution >= 4 is 11.7 Å². The molecule has 2 aromatic heterocycles. The van der Waals surface area contributed by atoms with Crippen LogP contribution >= 0.6 is 0 Å². The third kappa shape index (κ3) is 3.79. The average molecular weight is 462 g/mol. The number of hydrogen-bond acceptors (Lipinski definition) is 7. The number of fused-ring (bicyclic) bond motifs is 1. The van der Waals surface area contributed by atoms with E-state index in [1.807, 2.05) is 6.07 Å². The number of carbonyl (C=O) groups is 1. The Morgan fingerprint density at radius 3 is 2.62 bits per heavy atom. The van der Waals surface area contributed by atoms with E-state index in [2.05, 4.69) is 15.4 Å². The number of nitrogens with one attached hydrogen (secondary N) is 1. The van der Waals surface area contributed by atoms with Crippen LogP contribution in [0.4, 0.5) is 10.2 Å². The Labute approximate surface area is 195 Å². The first-order valence-electron chi connectivity index (χ1n) is 10.8. The van der Waals surface area contributed by atoms with Crippen LogP contribution in [-0.4, -0.2) is 55.2 Å². The first-order chi connectivity index (χ1) is 16.1. The number of aromatic nitrogens is 3. The van der Waals surface area contributed by atoms with Crippen molar-refractivity contribution < 1.29 is 19.4 Å². The van der Waals surface area contributed by atoms with Crippen molar-refractivity contribution in [1.82, 2.24) is 20.1 Å². The van der Waals surface area contributed by atoms with Gasteiger partial charge in [0.1, 0.15) is 5.82 Å². The van der Waals surface area contributed by atoms with E-state index in [9.17, 15) is 24.7 Å². The quantitative estimate of drug-likeness (QED) is 0.542. The Morgan fingerprint density at radius 2 is 1.91 bits per heavy atom. The summed E-state index contributed by atoms with van der Waals surface area (Å²) in [5.41, 5.74) is -0.635. The number of nitrogens with zero attached hydrogens (tertiary/aromatic N) is 5. The van der Waals surface area contributed by atoms with Gasteiger partial charge in [-0.3, -0.25) is 4.79 Å². The molecule has 10 heteroatoms. The molecule has 3 N–H and O–H groups in total. The van der Waals surface area contributed by atoms with Gasteiger partial charge in [-0.1, -0.05) is 6.07 Å². The molecule has 2 aliphatic rings. The van der Waals surface area contributed by atoms with Gasteiger partial charge in [-0.2, -0.15) is 10.4 Å². The molecule has 0 aliphatic carbocycles. The van der Waals surface area contributed by atoms with Crippen LogP contribution in [0.5, 0.6) is 0 Å². The number of piperidine rings is 1. The third-order valence-corrected chi connectivity index (χ3v) is 6.08. The van der Waals surface area contributed by atoms with Gasteiger partial charge in [0.05, 0.1) is 57.6 Å². The topological polar surface area (TPSA) is 127 Å². The number of benzene rings is 1. The van der Waals surface area contributed by atoms with Gasteiger partial charge in [-0.05, 0) is 32.0 Å². The molecule has 0 saturated carbocycles. The van der Waals surface area contributed by atoms with Gasteiger partial charge >= 0.3 is 0 Å². The summed E-state index contributed by atoms with van der Waals surface area (Å²) in [4.78, 5) is 18.8. The lowest BCUT2D eigenvalue weighted by Gasteiger charge is -2.44. The highest BCUT2D eigenvalue weighted by Crippen LogP contribution is 2.33. The SMILES string of the molecule is C[C@]1(O)CN(c2ccn(-c3cc(-c4c(F)cccc4C#N)nc4c3C(=O)NC4)n2)C[C@@](C)(O)C1. The number of carbonyl (C=O) groups excluding carboxylic acids is 1. The van der Waals surface area contributed by atoms with E-state index >= 15 is 0 Å². The number of hydrogen-bond donors (Lipinski definition) is 3. The first-order valence-corrected chi connectivity index (χ1v) is 10.8. The van der Waals surface area contributed by atoms with Gasteiger partial charge in [-0.15, -0.1) is 0 Å². The molecule has 0 bridgehead atoms. The van der Waals surface area contributed by atoms with Crippen LogP contribution in [0.15, 0.2) is 36.5 Å². The van der Waals surface area contributed by atoms with Crippen molar-refractivity contribution in [2.24, 2.45) is 0 Å². The van der Waals surface area contributed by atoms with Crippen molar-refractivity contribution in [3.8, 4) is 23.0 Å². The van der Waals surface area contributed by atoms with Crippen molar-refractivity contribution in [1.29, 1.82) is 5.26 Å². The number of aliphatic hydroxyl groups is 2. The molecule has 9 nitrogen and oxygen atoms in total. The number of nitriles is 1. The highest BCUT2D eigenvalue weighted by atomic mass is 19.1. The van der Waals surface area contributed by atoms with E-state index in [4.69, 9.17) is 0 Å². The number of β-amino-alcohol motifs (C(OH)–C–C–N with tert-alkyl or cyclic N) is 2. The number of halogens is 1. The summed E-state index contributed by atoms with van der Waals surface area (Å²) >= 11 is 0. The zero-order valence-electron chi connectivity index (χ0n) is 18.7. The molecule has 0 radical (unpaired) electrons. The zero-order valence-corrected chi connectivity index (χ0v) is 18.7. The first kappa shape index (κ1) is 22.0. The van der Waals surface area contributed by atoms with Crippen LogP contribution in [0.3, 0.4) is 0 Å². The van der Waals surface area contributed by atoms with Crippen molar-refractivity contribution in [2.45, 2.75) is 38.0 Å². The lowest BCUT2D eigenvalue weighted by Crippen LogP contribution is -2.57. The molecule has 1 amide bonds. The zero-order chi connectivity index (χ0) is 24.3. The van der Waals surface area contributed by atoms with Crippen LogP contribution in [0.25, 0.3) is 16.9 Å². The number of pyridine rings is 1. The smallest absolute Gasteiger partial charge is 0.255 e. The molecule has 2 aliphatic heterocycles. The van der Waals surface area contributed by atoms with E-state index in [0.29, 0.717) is 22.8 Å². The maximum Gasteiger partial charge on any atom is 0.255 e. The van der Waals surface area contributed by atoms with Gasteiger partial charge in [0.2, 0.25) is 0 Å². The summed E-state index contributed by atoms with van der Waals surface area (Å²) in [5, 5.41) is 38.0. The summed E-state index contributed by atoms with van der Waals surface area (Å²) in [5.74, 6) is -0.401. The predicted octanol–water partition coefficient (Wildman–Crippen LogP) is 1.90. The summed E-state index contributed by atoms with van der Waals surface area (Å²) in [6.45, 7) is 4.07. The molecule has 0 unspecified atom stereocenters. The summed E-state index contributed by atoms with van der Waals surface area (Å²) < 4.78 is 16.2. The van der Waals surface area contributed by atoms with Gasteiger partial charge in [-0.25, -0.2) is 14.1 Å². The second kappa shape index (κ2) is 7.62. The Balaban J connectivity index is 1.62. The van der Waals surface area contributed by atoms with Crippen molar-refractivity contribution in [3.63, 3.8) is 0 Å². The normalized spacial score (nSPS) is 24.0. The third-order valence-electron chi connectivity index (χ3n) is 6.08. The molecule has 3 aromatic rings.